The van der Waals surface area contributed by atoms with Gasteiger partial charge in [-0.05, 0) is 26.2 Å². The smallest absolute Gasteiger partial charge is 0.0249 e. The van der Waals surface area contributed by atoms with Gasteiger partial charge < -0.3 is 5.32 Å². The van der Waals surface area contributed by atoms with Crippen LogP contribution in [0.25, 0.3) is 0 Å². The fourth-order valence-electron chi connectivity index (χ4n) is 2.85. The summed E-state index contributed by atoms with van der Waals surface area (Å²) in [5.41, 5.74) is 0. The third-order valence-corrected chi connectivity index (χ3v) is 5.40. The van der Waals surface area contributed by atoms with E-state index in [1.165, 1.54) is 13.0 Å². The van der Waals surface area contributed by atoms with Crippen molar-refractivity contribution in [3.8, 4) is 0 Å². The lowest BCUT2D eigenvalue weighted by Crippen LogP contribution is -2.59. The Morgan fingerprint density at radius 1 is 1.38 bits per heavy atom. The second kappa shape index (κ2) is 5.61. The van der Waals surface area contributed by atoms with Gasteiger partial charge in [-0.2, -0.15) is 0 Å². The third-order valence-electron chi connectivity index (χ3n) is 4.02. The van der Waals surface area contributed by atoms with Crippen LogP contribution >= 0.6 is 0 Å². The molecule has 2 saturated heterocycles. The van der Waals surface area contributed by atoms with Crippen LogP contribution in [0.4, 0.5) is 0 Å². The lowest BCUT2D eigenvalue weighted by atomic mass is 10.0. The van der Waals surface area contributed by atoms with E-state index in [0.29, 0.717) is 18.1 Å². The van der Waals surface area contributed by atoms with Crippen molar-refractivity contribution in [3.05, 3.63) is 0 Å². The van der Waals surface area contributed by atoms with Crippen LogP contribution in [-0.4, -0.2) is 51.8 Å². The van der Waals surface area contributed by atoms with E-state index in [1.54, 1.807) is 0 Å². The first-order chi connectivity index (χ1) is 7.70. The topological polar surface area (TPSA) is 32.3 Å². The van der Waals surface area contributed by atoms with E-state index in [9.17, 15) is 4.21 Å². The van der Waals surface area contributed by atoms with E-state index in [-0.39, 0.29) is 0 Å². The molecule has 2 rings (SSSR count). The van der Waals surface area contributed by atoms with Crippen LogP contribution in [0.2, 0.25) is 0 Å². The first kappa shape index (κ1) is 12.5. The monoisotopic (exact) mass is 244 g/mol. The summed E-state index contributed by atoms with van der Waals surface area (Å²) >= 11 is 0. The highest BCUT2D eigenvalue weighted by Gasteiger charge is 2.31. The van der Waals surface area contributed by atoms with Crippen molar-refractivity contribution >= 4 is 10.8 Å². The Morgan fingerprint density at radius 2 is 2.06 bits per heavy atom. The van der Waals surface area contributed by atoms with Gasteiger partial charge in [0.15, 0.2) is 0 Å². The molecule has 2 aliphatic rings. The molecular formula is C12H24N2OS. The molecule has 0 spiro atoms. The summed E-state index contributed by atoms with van der Waals surface area (Å²) in [6, 6.07) is 1.98. The van der Waals surface area contributed by atoms with Crippen molar-refractivity contribution in [2.75, 3.05) is 24.6 Å². The Kier molecular flexibility index (Phi) is 4.39. The second-order valence-corrected chi connectivity index (χ2v) is 6.83. The highest BCUT2D eigenvalue weighted by atomic mass is 32.2. The van der Waals surface area contributed by atoms with Crippen LogP contribution in [0.3, 0.4) is 0 Å². The molecule has 94 valence electrons. The number of nitrogens with zero attached hydrogens (tertiary/aromatic N) is 1. The van der Waals surface area contributed by atoms with Crippen LogP contribution in [-0.2, 0) is 10.8 Å². The van der Waals surface area contributed by atoms with Gasteiger partial charge >= 0.3 is 0 Å². The van der Waals surface area contributed by atoms with Crippen molar-refractivity contribution in [1.29, 1.82) is 0 Å². The number of nitrogens with one attached hydrogen (secondary N) is 1. The standard InChI is InChI=1S/C12H24N2OS/c1-3-11-9-14(10(2)8-13-11)12-4-6-16(15)7-5-12/h10-13H,3-9H2,1-2H3. The zero-order chi connectivity index (χ0) is 11.5. The SMILES string of the molecule is CCC1CN(C2CCS(=O)CC2)C(C)CN1. The quantitative estimate of drug-likeness (QED) is 0.785. The van der Waals surface area contributed by atoms with Crippen molar-refractivity contribution in [3.63, 3.8) is 0 Å². The number of piperazine rings is 1. The highest BCUT2D eigenvalue weighted by molar-refractivity contribution is 7.85. The second-order valence-electron chi connectivity index (χ2n) is 5.14. The van der Waals surface area contributed by atoms with Crippen molar-refractivity contribution in [2.45, 2.75) is 51.2 Å². The van der Waals surface area contributed by atoms with Crippen LogP contribution in [0.5, 0.6) is 0 Å². The van der Waals surface area contributed by atoms with Crippen molar-refractivity contribution in [1.82, 2.24) is 10.2 Å². The molecule has 2 heterocycles. The van der Waals surface area contributed by atoms with Gasteiger partial charge in [0.2, 0.25) is 0 Å². The zero-order valence-electron chi connectivity index (χ0n) is 10.4. The van der Waals surface area contributed by atoms with Crippen LogP contribution in [0, 0.1) is 0 Å². The maximum atomic E-state index is 11.4. The average molecular weight is 244 g/mol. The minimum absolute atomic E-state index is 0.529. The molecule has 16 heavy (non-hydrogen) atoms. The molecule has 0 aromatic heterocycles. The summed E-state index contributed by atoms with van der Waals surface area (Å²) in [7, 11) is -0.529. The van der Waals surface area contributed by atoms with E-state index in [4.69, 9.17) is 0 Å². The molecule has 1 N–H and O–H groups in total. The molecule has 2 fully saturated rings. The summed E-state index contributed by atoms with van der Waals surface area (Å²) in [5.74, 6) is 1.83. The van der Waals surface area contributed by atoms with Crippen LogP contribution < -0.4 is 5.32 Å². The minimum atomic E-state index is -0.529. The summed E-state index contributed by atoms with van der Waals surface area (Å²) in [5, 5.41) is 3.59. The molecule has 0 amide bonds. The summed E-state index contributed by atoms with van der Waals surface area (Å²) in [4.78, 5) is 2.65. The van der Waals surface area contributed by atoms with E-state index in [1.807, 2.05) is 0 Å². The Hall–Kier alpha value is 0.0700. The van der Waals surface area contributed by atoms with E-state index in [0.717, 1.165) is 30.9 Å². The lowest BCUT2D eigenvalue weighted by Gasteiger charge is -2.44. The fraction of sp³-hybridized carbons (Fsp3) is 1.00. The number of hydrogen-bond donors (Lipinski definition) is 1. The first-order valence-electron chi connectivity index (χ1n) is 6.54. The highest BCUT2D eigenvalue weighted by Crippen LogP contribution is 2.21. The summed E-state index contributed by atoms with van der Waals surface area (Å²) in [6.45, 7) is 6.85. The third kappa shape index (κ3) is 2.84. The summed E-state index contributed by atoms with van der Waals surface area (Å²) in [6.07, 6.45) is 3.47. The number of rotatable bonds is 2. The number of hydrogen-bond acceptors (Lipinski definition) is 3. The van der Waals surface area contributed by atoms with E-state index in [2.05, 4.69) is 24.1 Å². The molecular weight excluding hydrogens is 220 g/mol. The van der Waals surface area contributed by atoms with Crippen molar-refractivity contribution in [2.24, 2.45) is 0 Å². The molecule has 0 aromatic carbocycles. The predicted octanol–water partition coefficient (Wildman–Crippen LogP) is 0.970. The summed E-state index contributed by atoms with van der Waals surface area (Å²) < 4.78 is 11.4. The average Bonchev–Trinajstić information content (AvgIpc) is 2.31. The van der Waals surface area contributed by atoms with Gasteiger partial charge in [0.25, 0.3) is 0 Å². The molecule has 0 aliphatic carbocycles. The Balaban J connectivity index is 1.93. The van der Waals surface area contributed by atoms with Gasteiger partial charge in [0, 0.05) is 53.5 Å². The Morgan fingerprint density at radius 3 is 2.69 bits per heavy atom. The van der Waals surface area contributed by atoms with E-state index < -0.39 is 10.8 Å². The van der Waals surface area contributed by atoms with Gasteiger partial charge in [0.1, 0.15) is 0 Å². The van der Waals surface area contributed by atoms with Gasteiger partial charge in [-0.1, -0.05) is 6.92 Å². The normalized spacial score (nSPS) is 42.1. The van der Waals surface area contributed by atoms with Crippen LogP contribution in [0.15, 0.2) is 0 Å². The maximum absolute atomic E-state index is 11.4. The first-order valence-corrected chi connectivity index (χ1v) is 8.03. The predicted molar refractivity (Wildman–Crippen MR) is 69.1 cm³/mol. The lowest BCUT2D eigenvalue weighted by molar-refractivity contribution is 0.0842. The van der Waals surface area contributed by atoms with Gasteiger partial charge in [-0.3, -0.25) is 9.11 Å². The van der Waals surface area contributed by atoms with Gasteiger partial charge in [-0.25, -0.2) is 0 Å². The molecule has 2 aliphatic heterocycles. The fourth-order valence-corrected chi connectivity index (χ4v) is 4.12. The molecule has 4 heteroatoms. The molecule has 0 aromatic rings. The molecule has 0 radical (unpaired) electrons. The Bertz CT molecular complexity index is 249. The van der Waals surface area contributed by atoms with Crippen molar-refractivity contribution < 1.29 is 4.21 Å². The van der Waals surface area contributed by atoms with Gasteiger partial charge in [-0.15, -0.1) is 0 Å². The molecule has 2 atom stereocenters. The molecule has 3 nitrogen and oxygen atoms in total. The molecule has 0 bridgehead atoms. The Labute approximate surface area is 101 Å². The van der Waals surface area contributed by atoms with Gasteiger partial charge in [0.05, 0.1) is 0 Å². The minimum Gasteiger partial charge on any atom is -0.311 e. The largest absolute Gasteiger partial charge is 0.311 e. The molecule has 0 saturated carbocycles. The van der Waals surface area contributed by atoms with Crippen LogP contribution in [0.1, 0.15) is 33.1 Å². The maximum Gasteiger partial charge on any atom is 0.0249 e. The van der Waals surface area contributed by atoms with E-state index >= 15 is 0 Å². The zero-order valence-corrected chi connectivity index (χ0v) is 11.3. The molecule has 2 unspecified atom stereocenters.